The number of hydrogen-bond acceptors (Lipinski definition) is 5. The third kappa shape index (κ3) is 5.73. The van der Waals surface area contributed by atoms with Crippen molar-refractivity contribution in [1.82, 2.24) is 10.2 Å². The number of nitrogens with one attached hydrogen (secondary N) is 1. The molecule has 2 fully saturated rings. The Morgan fingerprint density at radius 3 is 2.38 bits per heavy atom. The van der Waals surface area contributed by atoms with E-state index in [1.165, 1.54) is 55.7 Å². The van der Waals surface area contributed by atoms with Crippen LogP contribution in [0.3, 0.4) is 0 Å². The van der Waals surface area contributed by atoms with Gasteiger partial charge in [-0.05, 0) is 74.1 Å². The van der Waals surface area contributed by atoms with Gasteiger partial charge in [-0.3, -0.25) is 9.10 Å². The lowest BCUT2D eigenvalue weighted by Crippen LogP contribution is -2.45. The van der Waals surface area contributed by atoms with Gasteiger partial charge in [0.05, 0.1) is 17.7 Å². The number of nitrogens with zero attached hydrogens (tertiary/aromatic N) is 2. The molecule has 0 radical (unpaired) electrons. The predicted molar refractivity (Wildman–Crippen MR) is 134 cm³/mol. The molecule has 1 amide bonds. The molecule has 8 heteroatoms. The van der Waals surface area contributed by atoms with E-state index in [-0.39, 0.29) is 16.8 Å². The summed E-state index contributed by atoms with van der Waals surface area (Å²) in [6.07, 6.45) is 7.28. The topological polar surface area (TPSA) is 78.9 Å². The molecule has 1 aliphatic carbocycles. The normalized spacial score (nSPS) is 18.1. The molecule has 2 aromatic rings. The number of piperidine rings is 1. The average Bonchev–Trinajstić information content (AvgIpc) is 3.38. The Labute approximate surface area is 203 Å². The Balaban J connectivity index is 1.37. The molecule has 0 unspecified atom stereocenters. The van der Waals surface area contributed by atoms with Crippen molar-refractivity contribution in [2.45, 2.75) is 49.5 Å². The van der Waals surface area contributed by atoms with Gasteiger partial charge < -0.3 is 15.0 Å². The minimum Gasteiger partial charge on any atom is -0.497 e. The van der Waals surface area contributed by atoms with Crippen LogP contribution < -0.4 is 14.4 Å². The van der Waals surface area contributed by atoms with Gasteiger partial charge in [0.2, 0.25) is 0 Å². The van der Waals surface area contributed by atoms with Gasteiger partial charge in [0.1, 0.15) is 5.75 Å². The maximum absolute atomic E-state index is 13.2. The van der Waals surface area contributed by atoms with Gasteiger partial charge in [0, 0.05) is 38.3 Å². The Kier molecular flexibility index (Phi) is 7.78. The maximum atomic E-state index is 13.2. The average molecular weight is 486 g/mol. The van der Waals surface area contributed by atoms with E-state index >= 15 is 0 Å². The van der Waals surface area contributed by atoms with Crippen molar-refractivity contribution in [1.29, 1.82) is 0 Å². The Bertz CT molecular complexity index is 1070. The zero-order valence-corrected chi connectivity index (χ0v) is 20.9. The molecular formula is C26H35N3O4S. The summed E-state index contributed by atoms with van der Waals surface area (Å²) in [6.45, 7) is 3.19. The van der Waals surface area contributed by atoms with Crippen LogP contribution >= 0.6 is 0 Å². The number of rotatable bonds is 8. The monoisotopic (exact) mass is 485 g/mol. The number of hydrogen-bond donors (Lipinski definition) is 1. The molecule has 2 aromatic carbocycles. The summed E-state index contributed by atoms with van der Waals surface area (Å²) >= 11 is 0. The van der Waals surface area contributed by atoms with Crippen LogP contribution in [0, 0.1) is 5.92 Å². The van der Waals surface area contributed by atoms with Gasteiger partial charge in [0.25, 0.3) is 15.9 Å². The number of ether oxygens (including phenoxy) is 1. The SMILES string of the molecule is COc1ccc(N(C)S(=O)(=O)c2cccc(C(=O)NC3CCN(CC4CCCC4)CC3)c2)cc1. The van der Waals surface area contributed by atoms with E-state index in [1.54, 1.807) is 43.5 Å². The molecule has 0 spiro atoms. The lowest BCUT2D eigenvalue weighted by atomic mass is 10.0. The van der Waals surface area contributed by atoms with Crippen molar-refractivity contribution in [2.24, 2.45) is 5.92 Å². The first kappa shape index (κ1) is 24.5. The van der Waals surface area contributed by atoms with Crippen molar-refractivity contribution in [3.05, 3.63) is 54.1 Å². The highest BCUT2D eigenvalue weighted by Crippen LogP contribution is 2.27. The second-order valence-corrected chi connectivity index (χ2v) is 11.4. The van der Waals surface area contributed by atoms with Crippen molar-refractivity contribution in [3.63, 3.8) is 0 Å². The summed E-state index contributed by atoms with van der Waals surface area (Å²) in [5.41, 5.74) is 0.873. The van der Waals surface area contributed by atoms with E-state index in [0.29, 0.717) is 17.0 Å². The summed E-state index contributed by atoms with van der Waals surface area (Å²) in [6, 6.07) is 13.2. The molecule has 1 saturated heterocycles. The lowest BCUT2D eigenvalue weighted by Gasteiger charge is -2.33. The van der Waals surface area contributed by atoms with Crippen LogP contribution in [0.15, 0.2) is 53.4 Å². The Morgan fingerprint density at radius 2 is 1.74 bits per heavy atom. The molecule has 0 aromatic heterocycles. The molecule has 1 saturated carbocycles. The smallest absolute Gasteiger partial charge is 0.264 e. The third-order valence-electron chi connectivity index (χ3n) is 7.10. The summed E-state index contributed by atoms with van der Waals surface area (Å²) < 4.78 is 32.7. The van der Waals surface area contributed by atoms with Gasteiger partial charge in [-0.2, -0.15) is 0 Å². The molecular weight excluding hydrogens is 450 g/mol. The van der Waals surface area contributed by atoms with Crippen molar-refractivity contribution < 1.29 is 17.9 Å². The van der Waals surface area contributed by atoms with Crippen molar-refractivity contribution in [2.75, 3.05) is 38.1 Å². The van der Waals surface area contributed by atoms with Crippen LogP contribution in [-0.4, -0.2) is 59.1 Å². The number of anilines is 1. The van der Waals surface area contributed by atoms with E-state index in [1.807, 2.05) is 0 Å². The highest BCUT2D eigenvalue weighted by Gasteiger charge is 2.26. The third-order valence-corrected chi connectivity index (χ3v) is 8.89. The van der Waals surface area contributed by atoms with Crippen LogP contribution in [0.5, 0.6) is 5.75 Å². The summed E-state index contributed by atoms with van der Waals surface area (Å²) in [7, 11) is -0.749. The lowest BCUT2D eigenvalue weighted by molar-refractivity contribution is 0.0905. The number of amides is 1. The fourth-order valence-corrected chi connectivity index (χ4v) is 6.22. The summed E-state index contributed by atoms with van der Waals surface area (Å²) in [5, 5.41) is 3.11. The maximum Gasteiger partial charge on any atom is 0.264 e. The Hall–Kier alpha value is -2.58. The standard InChI is InChI=1S/C26H35N3O4S/c1-28(23-10-12-24(33-2)13-11-23)34(31,32)25-9-5-8-21(18-25)26(30)27-22-14-16-29(17-15-22)19-20-6-3-4-7-20/h5,8-13,18,20,22H,3-4,6-7,14-17,19H2,1-2H3,(H,27,30). The first-order valence-electron chi connectivity index (χ1n) is 12.1. The number of benzene rings is 2. The van der Waals surface area contributed by atoms with Crippen LogP contribution in [0.1, 0.15) is 48.9 Å². The zero-order chi connectivity index (χ0) is 24.1. The minimum absolute atomic E-state index is 0.0878. The van der Waals surface area contributed by atoms with Crippen LogP contribution in [0.2, 0.25) is 0 Å². The van der Waals surface area contributed by atoms with Crippen molar-refractivity contribution in [3.8, 4) is 5.75 Å². The van der Waals surface area contributed by atoms with E-state index in [9.17, 15) is 13.2 Å². The highest BCUT2D eigenvalue weighted by molar-refractivity contribution is 7.92. The van der Waals surface area contributed by atoms with E-state index in [4.69, 9.17) is 4.74 Å². The van der Waals surface area contributed by atoms with E-state index < -0.39 is 10.0 Å². The van der Waals surface area contributed by atoms with E-state index in [2.05, 4.69) is 10.2 Å². The highest BCUT2D eigenvalue weighted by atomic mass is 32.2. The first-order chi connectivity index (χ1) is 16.4. The number of carbonyl (C=O) groups is 1. The fraction of sp³-hybridized carbons (Fsp3) is 0.500. The molecule has 34 heavy (non-hydrogen) atoms. The summed E-state index contributed by atoms with van der Waals surface area (Å²) in [5.74, 6) is 1.27. The van der Waals surface area contributed by atoms with Gasteiger partial charge in [-0.25, -0.2) is 8.42 Å². The molecule has 184 valence electrons. The van der Waals surface area contributed by atoms with Gasteiger partial charge in [0.15, 0.2) is 0 Å². The number of carbonyl (C=O) groups excluding carboxylic acids is 1. The molecule has 4 rings (SSSR count). The number of likely N-dealkylation sites (tertiary alicyclic amines) is 1. The van der Waals surface area contributed by atoms with Gasteiger partial charge >= 0.3 is 0 Å². The second-order valence-electron chi connectivity index (χ2n) is 9.40. The zero-order valence-electron chi connectivity index (χ0n) is 20.1. The molecule has 0 atom stereocenters. The fourth-order valence-electron chi connectivity index (χ4n) is 4.97. The first-order valence-corrected chi connectivity index (χ1v) is 13.6. The molecule has 1 N–H and O–H groups in total. The molecule has 1 heterocycles. The van der Waals surface area contributed by atoms with Crippen LogP contribution in [0.25, 0.3) is 0 Å². The number of methoxy groups -OCH3 is 1. The molecule has 0 bridgehead atoms. The van der Waals surface area contributed by atoms with Crippen LogP contribution in [-0.2, 0) is 10.0 Å². The predicted octanol–water partition coefficient (Wildman–Crippen LogP) is 3.90. The quantitative estimate of drug-likeness (QED) is 0.613. The Morgan fingerprint density at radius 1 is 1.06 bits per heavy atom. The second kappa shape index (κ2) is 10.8. The number of sulfonamides is 1. The van der Waals surface area contributed by atoms with Crippen LogP contribution in [0.4, 0.5) is 5.69 Å². The van der Waals surface area contributed by atoms with Gasteiger partial charge in [-0.15, -0.1) is 0 Å². The van der Waals surface area contributed by atoms with Gasteiger partial charge in [-0.1, -0.05) is 18.9 Å². The molecule has 1 aliphatic heterocycles. The minimum atomic E-state index is -3.81. The molecule has 2 aliphatic rings. The van der Waals surface area contributed by atoms with Crippen molar-refractivity contribution >= 4 is 21.6 Å². The molecule has 7 nitrogen and oxygen atoms in total. The largest absolute Gasteiger partial charge is 0.497 e. The van der Waals surface area contributed by atoms with E-state index in [0.717, 1.165) is 31.8 Å². The summed E-state index contributed by atoms with van der Waals surface area (Å²) in [4.78, 5) is 15.5.